The molecule has 256 valence electrons. The first kappa shape index (κ1) is 34.1. The second-order valence-corrected chi connectivity index (χ2v) is 19.6. The van der Waals surface area contributed by atoms with E-state index in [0.717, 1.165) is 89.4 Å². The second-order valence-electron chi connectivity index (χ2n) is 12.1. The van der Waals surface area contributed by atoms with Gasteiger partial charge in [-0.1, -0.05) is 121 Å². The molecule has 0 saturated heterocycles. The number of aromatic amines is 2. The molecular formula is C44H30Cl3N4Rh. The van der Waals surface area contributed by atoms with Gasteiger partial charge in [-0.25, -0.2) is 9.97 Å². The van der Waals surface area contributed by atoms with E-state index in [9.17, 15) is 0 Å². The number of rotatable bonds is 4. The van der Waals surface area contributed by atoms with Crippen LogP contribution in [0.15, 0.2) is 146 Å². The Bertz CT molecular complexity index is 2250. The van der Waals surface area contributed by atoms with Crippen LogP contribution in [0.1, 0.15) is 22.8 Å². The summed E-state index contributed by atoms with van der Waals surface area (Å²) in [4.78, 5) is 18.3. The van der Waals surface area contributed by atoms with Crippen LogP contribution in [0.3, 0.4) is 0 Å². The van der Waals surface area contributed by atoms with Gasteiger partial charge < -0.3 is 9.97 Å². The van der Waals surface area contributed by atoms with Crippen molar-refractivity contribution in [1.29, 1.82) is 0 Å². The Labute approximate surface area is 319 Å². The third-order valence-corrected chi connectivity index (χ3v) is 9.00. The van der Waals surface area contributed by atoms with Crippen molar-refractivity contribution in [2.45, 2.75) is 0 Å². The van der Waals surface area contributed by atoms with Gasteiger partial charge in [-0.05, 0) is 70.8 Å². The van der Waals surface area contributed by atoms with Gasteiger partial charge in [0, 0.05) is 44.3 Å². The summed E-state index contributed by atoms with van der Waals surface area (Å²) >= 11 is -1.66. The fourth-order valence-corrected chi connectivity index (χ4v) is 6.84. The molecule has 2 N–H and O–H groups in total. The molecule has 2 aliphatic rings. The number of hydrogen-bond donors (Lipinski definition) is 2. The van der Waals surface area contributed by atoms with E-state index < -0.39 is 13.0 Å². The van der Waals surface area contributed by atoms with Crippen LogP contribution in [-0.2, 0) is 13.0 Å². The Morgan fingerprint density at radius 1 is 0.327 bits per heavy atom. The molecule has 0 saturated carbocycles. The van der Waals surface area contributed by atoms with Gasteiger partial charge in [0.05, 0.1) is 22.8 Å². The molecule has 4 nitrogen and oxygen atoms in total. The summed E-state index contributed by atoms with van der Waals surface area (Å²) in [5, 5.41) is 0. The summed E-state index contributed by atoms with van der Waals surface area (Å²) in [6.07, 6.45) is 8.54. The Balaban J connectivity index is 0.000000922. The van der Waals surface area contributed by atoms with E-state index in [0.29, 0.717) is 0 Å². The van der Waals surface area contributed by atoms with E-state index in [2.05, 4.69) is 156 Å². The summed E-state index contributed by atoms with van der Waals surface area (Å²) in [5.74, 6) is 0. The predicted molar refractivity (Wildman–Crippen MR) is 218 cm³/mol. The minimum absolute atomic E-state index is 0.906. The van der Waals surface area contributed by atoms with Gasteiger partial charge in [0.2, 0.25) is 0 Å². The number of aromatic nitrogens is 4. The Morgan fingerprint density at radius 2 is 0.538 bits per heavy atom. The fraction of sp³-hybridized carbons (Fsp3) is 0. The number of halogens is 3. The molecule has 9 rings (SSSR count). The first-order valence-electron chi connectivity index (χ1n) is 16.6. The van der Waals surface area contributed by atoms with Crippen molar-refractivity contribution < 1.29 is 13.0 Å². The zero-order valence-electron chi connectivity index (χ0n) is 27.5. The Hall–Kier alpha value is -5.03. The summed E-state index contributed by atoms with van der Waals surface area (Å²) in [6, 6.07) is 50.7. The van der Waals surface area contributed by atoms with Crippen LogP contribution in [0.2, 0.25) is 0 Å². The molecule has 52 heavy (non-hydrogen) atoms. The third kappa shape index (κ3) is 7.06. The molecule has 0 fully saturated rings. The number of nitrogens with zero attached hydrogens (tertiary/aromatic N) is 2. The summed E-state index contributed by atoms with van der Waals surface area (Å²) < 4.78 is 0. The van der Waals surface area contributed by atoms with E-state index in [1.165, 1.54) is 0 Å². The Kier molecular flexibility index (Phi) is 10.0. The molecule has 3 aromatic heterocycles. The fourth-order valence-electron chi connectivity index (χ4n) is 6.84. The van der Waals surface area contributed by atoms with Gasteiger partial charge in [-0.2, -0.15) is 0 Å². The first-order chi connectivity index (χ1) is 25.5. The molecule has 8 heteroatoms. The monoisotopic (exact) mass is 822 g/mol. The maximum absolute atomic E-state index is 5.35. The molecule has 2 aliphatic heterocycles. The minimum atomic E-state index is -1.66. The van der Waals surface area contributed by atoms with Crippen molar-refractivity contribution in [1.82, 2.24) is 19.9 Å². The van der Waals surface area contributed by atoms with Gasteiger partial charge in [0.25, 0.3) is 0 Å². The van der Waals surface area contributed by atoms with E-state index >= 15 is 0 Å². The SMILES string of the molecule is C1=Cc2nc1c(-c1ccccc1)c1ccc([nH]1)c(-c1ccccc1)c1nc(c(-c3ccccc3)c3ccc([nH]3)c2-c2ccccc2)C=C1.[Cl][Rh]([Cl])[Cl]. The van der Waals surface area contributed by atoms with E-state index in [1.807, 2.05) is 24.3 Å². The van der Waals surface area contributed by atoms with Crippen molar-refractivity contribution in [2.75, 3.05) is 0 Å². The second kappa shape index (κ2) is 15.3. The van der Waals surface area contributed by atoms with Crippen LogP contribution < -0.4 is 0 Å². The van der Waals surface area contributed by atoms with Gasteiger partial charge in [-0.15, -0.1) is 0 Å². The molecule has 0 atom stereocenters. The van der Waals surface area contributed by atoms with Crippen LogP contribution in [0, 0.1) is 0 Å². The molecule has 7 aromatic rings. The predicted octanol–water partition coefficient (Wildman–Crippen LogP) is 13.4. The van der Waals surface area contributed by atoms with Gasteiger partial charge in [0.1, 0.15) is 0 Å². The van der Waals surface area contributed by atoms with Crippen molar-refractivity contribution in [2.24, 2.45) is 0 Å². The molecule has 0 unspecified atom stereocenters. The number of hydrogen-bond acceptors (Lipinski definition) is 2. The number of benzene rings is 4. The number of nitrogens with one attached hydrogen (secondary N) is 2. The third-order valence-electron chi connectivity index (χ3n) is 9.00. The number of fused-ring (bicyclic) bond motifs is 8. The van der Waals surface area contributed by atoms with Crippen molar-refractivity contribution in [3.63, 3.8) is 0 Å². The zero-order chi connectivity index (χ0) is 35.4. The average Bonchev–Trinajstić information content (AvgIpc) is 4.01. The van der Waals surface area contributed by atoms with Crippen molar-refractivity contribution >= 4 is 75.4 Å². The van der Waals surface area contributed by atoms with Gasteiger partial charge in [0.15, 0.2) is 0 Å². The summed E-state index contributed by atoms with van der Waals surface area (Å²) in [7, 11) is 14.8. The molecule has 0 radical (unpaired) electrons. The van der Waals surface area contributed by atoms with Crippen molar-refractivity contribution in [3.8, 4) is 44.5 Å². The zero-order valence-corrected chi connectivity index (χ0v) is 31.4. The van der Waals surface area contributed by atoms with Gasteiger partial charge in [-0.3, -0.25) is 0 Å². The topological polar surface area (TPSA) is 57.4 Å². The van der Waals surface area contributed by atoms with Crippen LogP contribution in [0.5, 0.6) is 0 Å². The quantitative estimate of drug-likeness (QED) is 0.174. The average molecular weight is 824 g/mol. The molecule has 4 aromatic carbocycles. The molecule has 5 heterocycles. The first-order valence-corrected chi connectivity index (χ1v) is 22.9. The van der Waals surface area contributed by atoms with Crippen LogP contribution in [0.25, 0.3) is 90.9 Å². The standard InChI is InChI=1S/C44H30N4.3ClH.Rh/c1-5-13-29(14-6-1)41-33-21-23-35(45-33)42(30-15-7-2-8-16-30)37-25-27-39(47-37)44(32-19-11-4-12-20-32)40-28-26-38(48-40)43(31-17-9-3-10-18-31)36-24-22-34(41)46-36;;;;/h1-28,45,48H;3*1H;/q;;;;+3/p-3. The van der Waals surface area contributed by atoms with Crippen molar-refractivity contribution in [3.05, 3.63) is 168 Å². The van der Waals surface area contributed by atoms with Crippen LogP contribution in [-0.4, -0.2) is 19.9 Å². The van der Waals surface area contributed by atoms with Crippen LogP contribution in [0.4, 0.5) is 0 Å². The van der Waals surface area contributed by atoms with Gasteiger partial charge >= 0.3 is 42.1 Å². The molecule has 0 aliphatic carbocycles. The van der Waals surface area contributed by atoms with E-state index in [4.69, 9.17) is 39.0 Å². The maximum atomic E-state index is 5.35. The Morgan fingerprint density at radius 3 is 0.750 bits per heavy atom. The number of H-pyrrole nitrogens is 2. The van der Waals surface area contributed by atoms with Crippen LogP contribution >= 0.6 is 29.1 Å². The molecular weight excluding hydrogens is 794 g/mol. The molecule has 0 amide bonds. The summed E-state index contributed by atoms with van der Waals surface area (Å²) in [5.41, 5.74) is 16.2. The van der Waals surface area contributed by atoms with E-state index in [-0.39, 0.29) is 0 Å². The van der Waals surface area contributed by atoms with E-state index in [1.54, 1.807) is 0 Å². The summed E-state index contributed by atoms with van der Waals surface area (Å²) in [6.45, 7) is 0. The molecule has 0 spiro atoms. The molecule has 8 bridgehead atoms. The normalized spacial score (nSPS) is 11.9.